The van der Waals surface area contributed by atoms with Crippen molar-refractivity contribution in [3.8, 4) is 0 Å². The van der Waals surface area contributed by atoms with Crippen molar-refractivity contribution in [3.05, 3.63) is 0 Å². The monoisotopic (exact) mass is 201 g/mol. The first-order valence-corrected chi connectivity index (χ1v) is 5.35. The molecular weight excluding hydrogens is 180 g/mol. The highest BCUT2D eigenvalue weighted by Gasteiger charge is 2.41. The zero-order valence-corrected chi connectivity index (χ0v) is 9.12. The summed E-state index contributed by atoms with van der Waals surface area (Å²) in [7, 11) is 0. The number of aliphatic hydroxyl groups is 1. The van der Waals surface area contributed by atoms with Crippen molar-refractivity contribution in [3.63, 3.8) is 0 Å². The molecule has 1 amide bonds. The van der Waals surface area contributed by atoms with Crippen LogP contribution in [0.2, 0.25) is 0 Å². The highest BCUT2D eigenvalue weighted by Crippen LogP contribution is 2.20. The molecule has 2 N–H and O–H groups in total. The first-order valence-electron chi connectivity index (χ1n) is 5.35. The summed E-state index contributed by atoms with van der Waals surface area (Å²) in [6.07, 6.45) is 1.01. The van der Waals surface area contributed by atoms with Crippen molar-refractivity contribution < 1.29 is 14.4 Å². The average molecular weight is 201 g/mol. The number of rotatable bonds is 5. The van der Waals surface area contributed by atoms with Crippen LogP contribution in [0, 0.1) is 0 Å². The number of aliphatic hydroxyl groups excluding tert-OH is 1. The third-order valence-electron chi connectivity index (χ3n) is 2.85. The summed E-state index contributed by atoms with van der Waals surface area (Å²) in [5.41, 5.74) is 0. The quantitative estimate of drug-likeness (QED) is 0.601. The lowest BCUT2D eigenvalue weighted by Crippen LogP contribution is -2.68. The van der Waals surface area contributed by atoms with Gasteiger partial charge in [-0.25, -0.2) is 0 Å². The van der Waals surface area contributed by atoms with Gasteiger partial charge in [-0.05, 0) is 6.42 Å². The fourth-order valence-electron chi connectivity index (χ4n) is 2.26. The molecule has 1 rings (SSSR count). The minimum absolute atomic E-state index is 0.0284. The molecule has 0 saturated carbocycles. The third-order valence-corrected chi connectivity index (χ3v) is 2.85. The maximum absolute atomic E-state index is 10.7. The van der Waals surface area contributed by atoms with Gasteiger partial charge in [0.2, 0.25) is 5.91 Å². The zero-order chi connectivity index (χ0) is 10.6. The van der Waals surface area contributed by atoms with Gasteiger partial charge in [0.15, 0.2) is 6.10 Å². The fraction of sp³-hybridized carbons (Fsp3) is 0.900. The molecule has 0 bridgehead atoms. The molecule has 0 spiro atoms. The zero-order valence-electron chi connectivity index (χ0n) is 9.12. The van der Waals surface area contributed by atoms with Crippen molar-refractivity contribution in [2.75, 3.05) is 32.7 Å². The van der Waals surface area contributed by atoms with Crippen LogP contribution in [-0.4, -0.2) is 54.3 Å². The second-order valence-corrected chi connectivity index (χ2v) is 4.29. The summed E-state index contributed by atoms with van der Waals surface area (Å²) < 4.78 is 0.970. The molecule has 1 heterocycles. The van der Waals surface area contributed by atoms with Crippen molar-refractivity contribution in [2.24, 2.45) is 0 Å². The molecule has 0 aliphatic carbocycles. The van der Waals surface area contributed by atoms with Gasteiger partial charge in [0, 0.05) is 6.92 Å². The molecule has 1 fully saturated rings. The number of nitrogens with zero attached hydrogens (tertiary/aromatic N) is 1. The van der Waals surface area contributed by atoms with Crippen LogP contribution in [0.1, 0.15) is 20.3 Å². The first-order chi connectivity index (χ1) is 6.58. The van der Waals surface area contributed by atoms with Crippen LogP contribution in [0.4, 0.5) is 0 Å². The molecule has 0 radical (unpaired) electrons. The minimum Gasteiger partial charge on any atom is -0.382 e. The van der Waals surface area contributed by atoms with Crippen LogP contribution >= 0.6 is 0 Å². The van der Waals surface area contributed by atoms with Crippen LogP contribution in [0.3, 0.4) is 0 Å². The molecule has 4 heteroatoms. The van der Waals surface area contributed by atoms with Gasteiger partial charge in [-0.3, -0.25) is 4.79 Å². The Bertz CT molecular complexity index is 195. The molecule has 0 aromatic heterocycles. The van der Waals surface area contributed by atoms with E-state index in [0.717, 1.165) is 43.6 Å². The molecule has 0 aromatic rings. The Kier molecular flexibility index (Phi) is 3.89. The normalized spacial score (nSPS) is 30.9. The second-order valence-electron chi connectivity index (χ2n) is 4.29. The summed E-state index contributed by atoms with van der Waals surface area (Å²) >= 11 is 0. The van der Waals surface area contributed by atoms with Gasteiger partial charge < -0.3 is 14.9 Å². The molecule has 1 aliphatic heterocycles. The Balaban J connectivity index is 2.26. The number of hydrogen-bond acceptors (Lipinski definition) is 2. The predicted octanol–water partition coefficient (Wildman–Crippen LogP) is -0.276. The molecule has 0 aromatic carbocycles. The Hall–Kier alpha value is -0.610. The van der Waals surface area contributed by atoms with E-state index in [1.807, 2.05) is 0 Å². The number of carbonyl (C=O) groups excluding carboxylic acids is 1. The summed E-state index contributed by atoms with van der Waals surface area (Å²) in [5.74, 6) is 0.0284. The fourth-order valence-corrected chi connectivity index (χ4v) is 2.26. The maximum Gasteiger partial charge on any atom is 0.217 e. The van der Waals surface area contributed by atoms with Crippen molar-refractivity contribution >= 4 is 5.91 Å². The Labute approximate surface area is 85.5 Å². The van der Waals surface area contributed by atoms with E-state index in [0.29, 0.717) is 0 Å². The lowest BCUT2D eigenvalue weighted by Gasteiger charge is -2.48. The van der Waals surface area contributed by atoms with Gasteiger partial charge in [-0.2, -0.15) is 0 Å². The maximum atomic E-state index is 10.7. The SMILES string of the molecule is CCC[N+]1(CCNC(C)=O)CC(O)C1. The van der Waals surface area contributed by atoms with Gasteiger partial charge in [0.1, 0.15) is 13.1 Å². The van der Waals surface area contributed by atoms with Crippen molar-refractivity contribution in [1.29, 1.82) is 0 Å². The van der Waals surface area contributed by atoms with Crippen LogP contribution in [-0.2, 0) is 4.79 Å². The molecule has 1 saturated heterocycles. The van der Waals surface area contributed by atoms with E-state index < -0.39 is 0 Å². The Morgan fingerprint density at radius 1 is 1.50 bits per heavy atom. The molecule has 1 aliphatic rings. The number of quaternary nitrogens is 1. The van der Waals surface area contributed by atoms with Gasteiger partial charge >= 0.3 is 0 Å². The van der Waals surface area contributed by atoms with E-state index in [4.69, 9.17) is 0 Å². The molecule has 0 unspecified atom stereocenters. The van der Waals surface area contributed by atoms with Crippen LogP contribution < -0.4 is 5.32 Å². The molecule has 14 heavy (non-hydrogen) atoms. The number of amides is 1. The van der Waals surface area contributed by atoms with Crippen molar-refractivity contribution in [1.82, 2.24) is 5.32 Å². The summed E-state index contributed by atoms with van der Waals surface area (Å²) in [5, 5.41) is 12.1. The third kappa shape index (κ3) is 2.96. The lowest BCUT2D eigenvalue weighted by atomic mass is 10.1. The van der Waals surface area contributed by atoms with Crippen LogP contribution in [0.15, 0.2) is 0 Å². The Morgan fingerprint density at radius 2 is 2.14 bits per heavy atom. The predicted molar refractivity (Wildman–Crippen MR) is 54.7 cm³/mol. The van der Waals surface area contributed by atoms with E-state index in [1.54, 1.807) is 0 Å². The van der Waals surface area contributed by atoms with Gasteiger partial charge in [-0.1, -0.05) is 6.92 Å². The summed E-state index contributed by atoms with van der Waals surface area (Å²) in [4.78, 5) is 10.7. The second kappa shape index (κ2) is 4.75. The Morgan fingerprint density at radius 3 is 2.57 bits per heavy atom. The van der Waals surface area contributed by atoms with E-state index in [9.17, 15) is 9.90 Å². The highest BCUT2D eigenvalue weighted by atomic mass is 16.3. The van der Waals surface area contributed by atoms with E-state index in [1.165, 1.54) is 6.92 Å². The molecule has 4 nitrogen and oxygen atoms in total. The van der Waals surface area contributed by atoms with Gasteiger partial charge in [-0.15, -0.1) is 0 Å². The molecule has 0 atom stereocenters. The first kappa shape index (κ1) is 11.5. The van der Waals surface area contributed by atoms with E-state index >= 15 is 0 Å². The minimum atomic E-state index is -0.126. The average Bonchev–Trinajstić information content (AvgIpc) is 2.01. The largest absolute Gasteiger partial charge is 0.382 e. The number of hydrogen-bond donors (Lipinski definition) is 2. The number of nitrogens with one attached hydrogen (secondary N) is 1. The number of likely N-dealkylation sites (tertiary alicyclic amines) is 1. The molecular formula is C10H21N2O2+. The summed E-state index contributed by atoms with van der Waals surface area (Å²) in [6, 6.07) is 0. The smallest absolute Gasteiger partial charge is 0.217 e. The van der Waals surface area contributed by atoms with Crippen molar-refractivity contribution in [2.45, 2.75) is 26.4 Å². The van der Waals surface area contributed by atoms with Gasteiger partial charge in [0.05, 0.1) is 19.6 Å². The highest BCUT2D eigenvalue weighted by molar-refractivity contribution is 5.72. The number of carbonyl (C=O) groups is 1. The topological polar surface area (TPSA) is 49.3 Å². The lowest BCUT2D eigenvalue weighted by molar-refractivity contribution is -0.971. The van der Waals surface area contributed by atoms with E-state index in [-0.39, 0.29) is 12.0 Å². The standard InChI is InChI=1S/C10H20N2O2/c1-3-5-12(7-10(14)8-12)6-4-11-9(2)13/h10,14H,3-8H2,1-2H3/p+1. The van der Waals surface area contributed by atoms with Crippen LogP contribution in [0.25, 0.3) is 0 Å². The van der Waals surface area contributed by atoms with Gasteiger partial charge in [0.25, 0.3) is 0 Å². The summed E-state index contributed by atoms with van der Waals surface area (Å²) in [6.45, 7) is 8.18. The van der Waals surface area contributed by atoms with E-state index in [2.05, 4.69) is 12.2 Å². The molecule has 82 valence electrons. The van der Waals surface area contributed by atoms with Crippen LogP contribution in [0.5, 0.6) is 0 Å².